The van der Waals surface area contributed by atoms with Crippen molar-refractivity contribution in [2.45, 2.75) is 26.2 Å². The molecule has 4 nitrogen and oxygen atoms in total. The first kappa shape index (κ1) is 13.6. The molecule has 0 spiro atoms. The van der Waals surface area contributed by atoms with Crippen LogP contribution in [0.5, 0.6) is 0 Å². The third-order valence-electron chi connectivity index (χ3n) is 2.41. The SMILES string of the molecule is CC(C)(C)c1nnc(NC(=O)c2ccccc2F)s1. The van der Waals surface area contributed by atoms with Crippen molar-refractivity contribution in [3.8, 4) is 0 Å². The number of carbonyl (C=O) groups excluding carboxylic acids is 1. The smallest absolute Gasteiger partial charge is 0.260 e. The fourth-order valence-electron chi connectivity index (χ4n) is 1.39. The van der Waals surface area contributed by atoms with Gasteiger partial charge in [0.05, 0.1) is 5.56 Å². The number of hydrogen-bond donors (Lipinski definition) is 1. The van der Waals surface area contributed by atoms with Crippen LogP contribution in [-0.2, 0) is 5.41 Å². The maximum atomic E-state index is 13.4. The van der Waals surface area contributed by atoms with Crippen molar-refractivity contribution in [2.24, 2.45) is 0 Å². The lowest BCUT2D eigenvalue weighted by molar-refractivity contribution is 0.102. The van der Waals surface area contributed by atoms with Gasteiger partial charge >= 0.3 is 0 Å². The molecule has 0 bridgehead atoms. The molecule has 0 saturated carbocycles. The Morgan fingerprint density at radius 3 is 2.53 bits per heavy atom. The summed E-state index contributed by atoms with van der Waals surface area (Å²) in [4.78, 5) is 11.9. The minimum absolute atomic E-state index is 0.00462. The second-order valence-corrected chi connectivity index (χ2v) is 6.07. The summed E-state index contributed by atoms with van der Waals surface area (Å²) in [5.74, 6) is -1.07. The van der Waals surface area contributed by atoms with Gasteiger partial charge in [-0.1, -0.05) is 44.2 Å². The van der Waals surface area contributed by atoms with Gasteiger partial charge in [-0.3, -0.25) is 10.1 Å². The van der Waals surface area contributed by atoms with Gasteiger partial charge in [-0.05, 0) is 12.1 Å². The molecule has 1 heterocycles. The number of amides is 1. The molecule has 2 aromatic rings. The number of halogens is 1. The minimum atomic E-state index is -0.555. The maximum Gasteiger partial charge on any atom is 0.260 e. The van der Waals surface area contributed by atoms with Gasteiger partial charge in [0.2, 0.25) is 5.13 Å². The van der Waals surface area contributed by atoms with Gasteiger partial charge in [0.25, 0.3) is 5.91 Å². The Kier molecular flexibility index (Phi) is 3.61. The van der Waals surface area contributed by atoms with Gasteiger partial charge in [-0.2, -0.15) is 0 Å². The first-order valence-corrected chi connectivity index (χ1v) is 6.59. The fraction of sp³-hybridized carbons (Fsp3) is 0.308. The van der Waals surface area contributed by atoms with Crippen molar-refractivity contribution in [1.82, 2.24) is 10.2 Å². The van der Waals surface area contributed by atoms with Crippen LogP contribution in [0.2, 0.25) is 0 Å². The molecular weight excluding hydrogens is 265 g/mol. The zero-order valence-corrected chi connectivity index (χ0v) is 11.7. The lowest BCUT2D eigenvalue weighted by Gasteiger charge is -2.12. The van der Waals surface area contributed by atoms with Crippen molar-refractivity contribution in [3.05, 3.63) is 40.7 Å². The second-order valence-electron chi connectivity index (χ2n) is 5.10. The molecule has 0 unspecified atom stereocenters. The van der Waals surface area contributed by atoms with Gasteiger partial charge in [-0.25, -0.2) is 4.39 Å². The van der Waals surface area contributed by atoms with E-state index in [0.717, 1.165) is 5.01 Å². The Labute approximate surface area is 114 Å². The van der Waals surface area contributed by atoms with Crippen LogP contribution in [0.25, 0.3) is 0 Å². The van der Waals surface area contributed by atoms with Crippen molar-refractivity contribution < 1.29 is 9.18 Å². The second kappa shape index (κ2) is 5.05. The van der Waals surface area contributed by atoms with Crippen molar-refractivity contribution in [2.75, 3.05) is 5.32 Å². The first-order valence-electron chi connectivity index (χ1n) is 5.78. The molecule has 19 heavy (non-hydrogen) atoms. The molecule has 0 aliphatic rings. The summed E-state index contributed by atoms with van der Waals surface area (Å²) >= 11 is 1.29. The molecule has 0 fully saturated rings. The van der Waals surface area contributed by atoms with Crippen LogP contribution in [0.15, 0.2) is 24.3 Å². The van der Waals surface area contributed by atoms with Crippen molar-refractivity contribution in [3.63, 3.8) is 0 Å². The molecule has 6 heteroatoms. The zero-order valence-electron chi connectivity index (χ0n) is 10.9. The summed E-state index contributed by atoms with van der Waals surface area (Å²) in [6.45, 7) is 6.03. The fourth-order valence-corrected chi connectivity index (χ4v) is 2.18. The highest BCUT2D eigenvalue weighted by molar-refractivity contribution is 7.15. The number of carbonyl (C=O) groups is 1. The highest BCUT2D eigenvalue weighted by atomic mass is 32.1. The molecule has 2 rings (SSSR count). The molecule has 1 amide bonds. The highest BCUT2D eigenvalue weighted by Crippen LogP contribution is 2.27. The van der Waals surface area contributed by atoms with Crippen molar-refractivity contribution in [1.29, 1.82) is 0 Å². The topological polar surface area (TPSA) is 54.9 Å². The summed E-state index contributed by atoms with van der Waals surface area (Å²) in [6.07, 6.45) is 0. The van der Waals surface area contributed by atoms with Crippen LogP contribution in [0.3, 0.4) is 0 Å². The van der Waals surface area contributed by atoms with Crippen LogP contribution in [0.4, 0.5) is 9.52 Å². The molecule has 1 aromatic heterocycles. The van der Waals surface area contributed by atoms with E-state index in [1.54, 1.807) is 6.07 Å². The molecule has 0 saturated heterocycles. The zero-order chi connectivity index (χ0) is 14.0. The van der Waals surface area contributed by atoms with Gasteiger partial charge in [0.1, 0.15) is 10.8 Å². The number of hydrogen-bond acceptors (Lipinski definition) is 4. The molecule has 0 aliphatic carbocycles. The lowest BCUT2D eigenvalue weighted by atomic mass is 9.98. The maximum absolute atomic E-state index is 13.4. The normalized spacial score (nSPS) is 11.4. The van der Waals surface area contributed by atoms with Gasteiger partial charge in [-0.15, -0.1) is 10.2 Å². The number of nitrogens with one attached hydrogen (secondary N) is 1. The Bertz CT molecular complexity index is 604. The van der Waals surface area contributed by atoms with Crippen LogP contribution in [-0.4, -0.2) is 16.1 Å². The van der Waals surface area contributed by atoms with Gasteiger partial charge < -0.3 is 0 Å². The molecule has 1 aromatic carbocycles. The van der Waals surface area contributed by atoms with Gasteiger partial charge in [0, 0.05) is 5.41 Å². The first-order chi connectivity index (χ1) is 8.88. The van der Waals surface area contributed by atoms with Crippen LogP contribution >= 0.6 is 11.3 Å². The Morgan fingerprint density at radius 2 is 1.95 bits per heavy atom. The lowest BCUT2D eigenvalue weighted by Crippen LogP contribution is -2.13. The van der Waals surface area contributed by atoms with E-state index in [1.165, 1.54) is 29.5 Å². The molecule has 1 N–H and O–H groups in total. The Morgan fingerprint density at radius 1 is 1.26 bits per heavy atom. The third-order valence-corrected chi connectivity index (χ3v) is 3.67. The summed E-state index contributed by atoms with van der Waals surface area (Å²) < 4.78 is 13.4. The Hall–Kier alpha value is -1.82. The average molecular weight is 279 g/mol. The monoisotopic (exact) mass is 279 g/mol. The molecule has 0 aliphatic heterocycles. The third kappa shape index (κ3) is 3.14. The minimum Gasteiger partial charge on any atom is -0.296 e. The Balaban J connectivity index is 2.16. The van der Waals surface area contributed by atoms with E-state index in [-0.39, 0.29) is 11.0 Å². The standard InChI is InChI=1S/C13H14FN3OS/c1-13(2,3)11-16-17-12(19-11)15-10(18)8-6-4-5-7-9(8)14/h4-7H,1-3H3,(H,15,17,18). The van der Waals surface area contributed by atoms with E-state index in [0.29, 0.717) is 5.13 Å². The molecule has 100 valence electrons. The quantitative estimate of drug-likeness (QED) is 0.918. The van der Waals surface area contributed by atoms with Gasteiger partial charge in [0.15, 0.2) is 0 Å². The summed E-state index contributed by atoms with van der Waals surface area (Å²) in [5, 5.41) is 11.7. The largest absolute Gasteiger partial charge is 0.296 e. The summed E-state index contributed by atoms with van der Waals surface area (Å²) in [6, 6.07) is 5.82. The average Bonchev–Trinajstić information content (AvgIpc) is 2.77. The van der Waals surface area contributed by atoms with E-state index in [1.807, 2.05) is 20.8 Å². The predicted molar refractivity (Wildman–Crippen MR) is 73.0 cm³/mol. The van der Waals surface area contributed by atoms with E-state index in [4.69, 9.17) is 0 Å². The molecule has 0 atom stereocenters. The van der Waals surface area contributed by atoms with E-state index < -0.39 is 11.7 Å². The number of benzene rings is 1. The number of rotatable bonds is 2. The summed E-state index contributed by atoms with van der Waals surface area (Å²) in [7, 11) is 0. The number of aromatic nitrogens is 2. The van der Waals surface area contributed by atoms with E-state index in [9.17, 15) is 9.18 Å². The van der Waals surface area contributed by atoms with Crippen LogP contribution in [0.1, 0.15) is 36.1 Å². The predicted octanol–water partition coefficient (Wildman–Crippen LogP) is 3.23. The summed E-state index contributed by atoms with van der Waals surface area (Å²) in [5.41, 5.74) is -0.131. The highest BCUT2D eigenvalue weighted by Gasteiger charge is 2.20. The molecule has 0 radical (unpaired) electrons. The number of anilines is 1. The van der Waals surface area contributed by atoms with E-state index >= 15 is 0 Å². The van der Waals surface area contributed by atoms with Crippen LogP contribution < -0.4 is 5.32 Å². The molecular formula is C13H14FN3OS. The van der Waals surface area contributed by atoms with Crippen molar-refractivity contribution >= 4 is 22.4 Å². The number of nitrogens with zero attached hydrogens (tertiary/aromatic N) is 2. The van der Waals surface area contributed by atoms with E-state index in [2.05, 4.69) is 15.5 Å². The van der Waals surface area contributed by atoms with Crippen LogP contribution in [0, 0.1) is 5.82 Å².